The number of carbonyl (C=O) groups excluding carboxylic acids is 1. The summed E-state index contributed by atoms with van der Waals surface area (Å²) < 4.78 is 7.75. The maximum absolute atomic E-state index is 12.4. The van der Waals surface area contributed by atoms with Gasteiger partial charge in [-0.15, -0.1) is 22.0 Å². The number of aromatic nitrogens is 3. The van der Waals surface area contributed by atoms with Gasteiger partial charge in [0.1, 0.15) is 11.6 Å². The van der Waals surface area contributed by atoms with E-state index in [2.05, 4.69) is 25.4 Å². The van der Waals surface area contributed by atoms with Crippen LogP contribution in [0.4, 0.5) is 10.5 Å². The molecule has 2 aromatic rings. The van der Waals surface area contributed by atoms with Gasteiger partial charge in [-0.1, -0.05) is 6.07 Å². The van der Waals surface area contributed by atoms with Gasteiger partial charge in [-0.05, 0) is 50.1 Å². The number of carbonyl (C=O) groups is 1. The van der Waals surface area contributed by atoms with E-state index >= 15 is 0 Å². The number of aryl methyl sites for hydroxylation is 1. The molecule has 0 radical (unpaired) electrons. The van der Waals surface area contributed by atoms with Crippen molar-refractivity contribution in [3.8, 4) is 0 Å². The number of thioether (sulfide) groups is 1. The van der Waals surface area contributed by atoms with Gasteiger partial charge in [-0.2, -0.15) is 0 Å². The van der Waals surface area contributed by atoms with Crippen LogP contribution < -0.4 is 10.6 Å². The quantitative estimate of drug-likeness (QED) is 0.767. The van der Waals surface area contributed by atoms with Gasteiger partial charge in [0.25, 0.3) is 0 Å². The van der Waals surface area contributed by atoms with Gasteiger partial charge >= 0.3 is 6.03 Å². The Morgan fingerprint density at radius 3 is 2.89 bits per heavy atom. The van der Waals surface area contributed by atoms with Gasteiger partial charge < -0.3 is 19.9 Å². The van der Waals surface area contributed by atoms with Gasteiger partial charge in [0.2, 0.25) is 0 Å². The fourth-order valence-corrected chi connectivity index (χ4v) is 4.43. The predicted octanol–water partition coefficient (Wildman–Crippen LogP) is 3.42. The number of ether oxygens (including phenoxy) is 1. The second-order valence-corrected chi connectivity index (χ2v) is 8.25. The summed E-state index contributed by atoms with van der Waals surface area (Å²) in [5.41, 5.74) is 0.817. The van der Waals surface area contributed by atoms with E-state index < -0.39 is 0 Å². The first-order valence-electron chi connectivity index (χ1n) is 9.94. The Morgan fingerprint density at radius 1 is 1.21 bits per heavy atom. The lowest BCUT2D eigenvalue weighted by molar-refractivity contribution is 0.0827. The lowest BCUT2D eigenvalue weighted by atomic mass is 9.99. The van der Waals surface area contributed by atoms with Crippen LogP contribution in [0.25, 0.3) is 0 Å². The van der Waals surface area contributed by atoms with E-state index in [1.165, 1.54) is 0 Å². The molecular weight excluding hydrogens is 374 g/mol. The molecule has 0 saturated carbocycles. The molecule has 1 aromatic heterocycles. The van der Waals surface area contributed by atoms with Gasteiger partial charge in [0, 0.05) is 48.7 Å². The molecule has 1 fully saturated rings. The summed E-state index contributed by atoms with van der Waals surface area (Å²) in [6.07, 6.45) is 6.65. The molecule has 1 saturated heterocycles. The third-order valence-corrected chi connectivity index (χ3v) is 6.25. The van der Waals surface area contributed by atoms with Crippen LogP contribution in [-0.4, -0.2) is 46.3 Å². The number of nitrogens with one attached hydrogen (secondary N) is 2. The Labute approximate surface area is 169 Å². The topological polar surface area (TPSA) is 81.1 Å². The van der Waals surface area contributed by atoms with Crippen molar-refractivity contribution in [2.75, 3.05) is 24.8 Å². The molecule has 0 aliphatic carbocycles. The molecule has 2 amide bonds. The third kappa shape index (κ3) is 4.50. The molecule has 1 unspecified atom stereocenters. The second kappa shape index (κ2) is 8.96. The summed E-state index contributed by atoms with van der Waals surface area (Å²) >= 11 is 1.66. The molecule has 3 heterocycles. The number of rotatable bonds is 4. The van der Waals surface area contributed by atoms with Crippen molar-refractivity contribution in [3.63, 3.8) is 0 Å². The molecular formula is C20H27N5O2S. The highest BCUT2D eigenvalue weighted by atomic mass is 32.2. The normalized spacial score (nSPS) is 20.2. The van der Waals surface area contributed by atoms with Crippen LogP contribution in [0.15, 0.2) is 29.2 Å². The summed E-state index contributed by atoms with van der Waals surface area (Å²) in [4.78, 5) is 13.6. The van der Waals surface area contributed by atoms with Crippen molar-refractivity contribution < 1.29 is 9.53 Å². The average molecular weight is 402 g/mol. The molecule has 2 aliphatic rings. The molecule has 28 heavy (non-hydrogen) atoms. The molecule has 7 nitrogen and oxygen atoms in total. The molecule has 0 bridgehead atoms. The molecule has 0 spiro atoms. The first-order chi connectivity index (χ1) is 13.7. The van der Waals surface area contributed by atoms with Crippen molar-refractivity contribution in [3.05, 3.63) is 35.9 Å². The number of hydrogen-bond donors (Lipinski definition) is 2. The number of anilines is 1. The Bertz CT molecular complexity index is 819. The Balaban J connectivity index is 1.35. The van der Waals surface area contributed by atoms with Gasteiger partial charge in [-0.3, -0.25) is 0 Å². The van der Waals surface area contributed by atoms with Crippen molar-refractivity contribution in [1.29, 1.82) is 0 Å². The number of hydrogen-bond acceptors (Lipinski definition) is 5. The van der Waals surface area contributed by atoms with Crippen molar-refractivity contribution in [2.24, 2.45) is 0 Å². The van der Waals surface area contributed by atoms with E-state index in [1.54, 1.807) is 11.8 Å². The zero-order chi connectivity index (χ0) is 19.3. The summed E-state index contributed by atoms with van der Waals surface area (Å²) in [5.74, 6) is 2.57. The number of benzene rings is 1. The van der Waals surface area contributed by atoms with Crippen molar-refractivity contribution in [1.82, 2.24) is 20.1 Å². The van der Waals surface area contributed by atoms with E-state index in [1.807, 2.05) is 30.5 Å². The monoisotopic (exact) mass is 401 g/mol. The van der Waals surface area contributed by atoms with Crippen molar-refractivity contribution in [2.45, 2.75) is 55.5 Å². The van der Waals surface area contributed by atoms with E-state index in [9.17, 15) is 4.79 Å². The van der Waals surface area contributed by atoms with E-state index in [0.29, 0.717) is 5.92 Å². The summed E-state index contributed by atoms with van der Waals surface area (Å²) in [6, 6.07) is 7.87. The zero-order valence-electron chi connectivity index (χ0n) is 16.2. The fraction of sp³-hybridized carbons (Fsp3) is 0.550. The lowest BCUT2D eigenvalue weighted by Gasteiger charge is -2.22. The number of urea groups is 1. The Morgan fingerprint density at radius 2 is 2.07 bits per heavy atom. The van der Waals surface area contributed by atoms with Crippen LogP contribution in [0.2, 0.25) is 0 Å². The maximum atomic E-state index is 12.4. The minimum absolute atomic E-state index is 0.132. The van der Waals surface area contributed by atoms with Gasteiger partial charge in [-0.25, -0.2) is 4.79 Å². The van der Waals surface area contributed by atoms with Gasteiger partial charge in [0.15, 0.2) is 0 Å². The molecule has 150 valence electrons. The first kappa shape index (κ1) is 19.3. The van der Waals surface area contributed by atoms with Crippen LogP contribution in [0.3, 0.4) is 0 Å². The highest BCUT2D eigenvalue weighted by molar-refractivity contribution is 7.98. The molecule has 2 aliphatic heterocycles. The molecule has 4 rings (SSSR count). The zero-order valence-corrected chi connectivity index (χ0v) is 17.0. The molecule has 1 atom stereocenters. The summed E-state index contributed by atoms with van der Waals surface area (Å²) in [5, 5.41) is 15.0. The SMILES string of the molecule is CSc1cccc(NC(=O)NC2CCc3nnc(C4CCOCC4)n3CC2)c1. The van der Waals surface area contributed by atoms with E-state index in [4.69, 9.17) is 4.74 Å². The molecule has 1 aromatic carbocycles. The number of nitrogens with zero attached hydrogens (tertiary/aromatic N) is 3. The number of amides is 2. The molecule has 8 heteroatoms. The minimum Gasteiger partial charge on any atom is -0.381 e. The molecule has 2 N–H and O–H groups in total. The van der Waals surface area contributed by atoms with Crippen molar-refractivity contribution >= 4 is 23.5 Å². The van der Waals surface area contributed by atoms with Crippen LogP contribution in [0, 0.1) is 0 Å². The second-order valence-electron chi connectivity index (χ2n) is 7.37. The van der Waals surface area contributed by atoms with E-state index in [0.717, 1.165) is 74.1 Å². The fourth-order valence-electron chi connectivity index (χ4n) is 3.97. The largest absolute Gasteiger partial charge is 0.381 e. The van der Waals surface area contributed by atoms with Gasteiger partial charge in [0.05, 0.1) is 0 Å². The highest BCUT2D eigenvalue weighted by Crippen LogP contribution is 2.28. The summed E-state index contributed by atoms with van der Waals surface area (Å²) in [6.45, 7) is 2.45. The predicted molar refractivity (Wildman–Crippen MR) is 110 cm³/mol. The number of fused-ring (bicyclic) bond motifs is 1. The minimum atomic E-state index is -0.148. The standard InChI is InChI=1S/C20H27N5O2S/c1-28-17-4-2-3-16(13-17)22-20(26)21-15-5-6-18-23-24-19(25(18)10-7-15)14-8-11-27-12-9-14/h2-4,13-15H,5-12H2,1H3,(H2,21,22,26). The highest BCUT2D eigenvalue weighted by Gasteiger charge is 2.26. The average Bonchev–Trinajstić information content (AvgIpc) is 3.03. The maximum Gasteiger partial charge on any atom is 0.319 e. The summed E-state index contributed by atoms with van der Waals surface area (Å²) in [7, 11) is 0. The van der Waals surface area contributed by atoms with Crippen LogP contribution in [0.5, 0.6) is 0 Å². The first-order valence-corrected chi connectivity index (χ1v) is 11.2. The smallest absolute Gasteiger partial charge is 0.319 e. The van der Waals surface area contributed by atoms with Crippen LogP contribution in [-0.2, 0) is 17.7 Å². The lowest BCUT2D eigenvalue weighted by Crippen LogP contribution is -2.38. The van der Waals surface area contributed by atoms with Crippen LogP contribution >= 0.6 is 11.8 Å². The Hall–Kier alpha value is -2.06. The Kier molecular flexibility index (Phi) is 6.17. The third-order valence-electron chi connectivity index (χ3n) is 5.52. The van der Waals surface area contributed by atoms with E-state index in [-0.39, 0.29) is 12.1 Å². The van der Waals surface area contributed by atoms with Crippen LogP contribution in [0.1, 0.15) is 43.3 Å².